The topological polar surface area (TPSA) is 94.2 Å². The van der Waals surface area contributed by atoms with E-state index in [9.17, 15) is 14.4 Å². The molecule has 1 N–H and O–H groups in total. The number of methoxy groups -OCH3 is 1. The van der Waals surface area contributed by atoms with Crippen LogP contribution in [-0.4, -0.2) is 38.2 Å². The summed E-state index contributed by atoms with van der Waals surface area (Å²) in [4.78, 5) is 38.4. The lowest BCUT2D eigenvalue weighted by molar-refractivity contribution is -0.122. The summed E-state index contributed by atoms with van der Waals surface area (Å²) in [6.07, 6.45) is 1.42. The number of anilines is 1. The number of halogens is 1. The van der Waals surface area contributed by atoms with Crippen LogP contribution in [0.2, 0.25) is 5.02 Å². The van der Waals surface area contributed by atoms with E-state index in [2.05, 4.69) is 5.32 Å². The number of benzene rings is 3. The summed E-state index contributed by atoms with van der Waals surface area (Å²) in [5, 5.41) is 2.65. The van der Waals surface area contributed by atoms with Crippen molar-refractivity contribution in [1.82, 2.24) is 5.32 Å². The zero-order valence-corrected chi connectivity index (χ0v) is 19.5. The Morgan fingerprint density at radius 3 is 2.20 bits per heavy atom. The van der Waals surface area contributed by atoms with Crippen LogP contribution in [0.4, 0.5) is 10.5 Å². The molecule has 0 aromatic heterocycles. The highest BCUT2D eigenvalue weighted by Gasteiger charge is 2.36. The van der Waals surface area contributed by atoms with Crippen LogP contribution >= 0.6 is 11.6 Å². The highest BCUT2D eigenvalue weighted by molar-refractivity contribution is 6.39. The van der Waals surface area contributed by atoms with E-state index in [-0.39, 0.29) is 5.57 Å². The average Bonchev–Trinajstić information content (AvgIpc) is 2.86. The van der Waals surface area contributed by atoms with Crippen LogP contribution in [0.15, 0.2) is 78.4 Å². The van der Waals surface area contributed by atoms with Gasteiger partial charge in [0.1, 0.15) is 24.5 Å². The summed E-state index contributed by atoms with van der Waals surface area (Å²) in [5.74, 6) is 0.367. The van der Waals surface area contributed by atoms with Crippen LogP contribution < -0.4 is 24.4 Å². The first kappa shape index (κ1) is 23.8. The largest absolute Gasteiger partial charge is 0.493 e. The number of imide groups is 2. The lowest BCUT2D eigenvalue weighted by Crippen LogP contribution is -2.54. The number of nitrogens with one attached hydrogen (secondary N) is 1. The number of carbonyl (C=O) groups is 3. The molecule has 35 heavy (non-hydrogen) atoms. The molecule has 0 spiro atoms. The fraction of sp³-hybridized carbons (Fsp3) is 0.115. The quantitative estimate of drug-likeness (QED) is 0.283. The summed E-state index contributed by atoms with van der Waals surface area (Å²) in [5.41, 5.74) is 0.722. The van der Waals surface area contributed by atoms with Crippen molar-refractivity contribution < 1.29 is 28.6 Å². The molecular weight excluding hydrogens is 472 g/mol. The molecule has 0 unspecified atom stereocenters. The first-order valence-electron chi connectivity index (χ1n) is 10.6. The number of nitrogens with zero attached hydrogens (tertiary/aromatic N) is 1. The Balaban J connectivity index is 1.40. The van der Waals surface area contributed by atoms with E-state index in [1.54, 1.807) is 43.5 Å². The highest BCUT2D eigenvalue weighted by atomic mass is 35.5. The molecule has 4 amide bonds. The third kappa shape index (κ3) is 5.62. The second kappa shape index (κ2) is 10.8. The SMILES string of the molecule is COc1ccccc1OCCOc1ccc(C=C2C(=O)NC(=O)N(c3ccc(Cl)cc3)C2=O)cc1. The molecule has 4 rings (SSSR count). The molecule has 0 atom stereocenters. The molecule has 1 saturated heterocycles. The molecule has 0 radical (unpaired) electrons. The standard InChI is InChI=1S/C26H21ClN2O6/c1-33-22-4-2-3-5-23(22)35-15-14-34-20-12-6-17(7-13-20)16-21-24(30)28-26(32)29(25(21)31)19-10-8-18(27)9-11-19/h2-13,16H,14-15H2,1H3,(H,28,30,32). The minimum Gasteiger partial charge on any atom is -0.493 e. The molecule has 0 saturated carbocycles. The number of hydrogen-bond acceptors (Lipinski definition) is 6. The molecule has 8 nitrogen and oxygen atoms in total. The number of ether oxygens (including phenoxy) is 3. The summed E-state index contributed by atoms with van der Waals surface area (Å²) >= 11 is 5.88. The Morgan fingerprint density at radius 2 is 1.51 bits per heavy atom. The third-order valence-corrected chi connectivity index (χ3v) is 5.31. The van der Waals surface area contributed by atoms with Crippen molar-refractivity contribution in [3.8, 4) is 17.2 Å². The van der Waals surface area contributed by atoms with Gasteiger partial charge in [-0.05, 0) is 60.2 Å². The molecule has 0 bridgehead atoms. The lowest BCUT2D eigenvalue weighted by atomic mass is 10.1. The fourth-order valence-corrected chi connectivity index (χ4v) is 3.48. The van der Waals surface area contributed by atoms with Crippen molar-refractivity contribution in [3.05, 3.63) is 89.0 Å². The molecule has 3 aromatic rings. The highest BCUT2D eigenvalue weighted by Crippen LogP contribution is 2.26. The van der Waals surface area contributed by atoms with Gasteiger partial charge in [0.15, 0.2) is 11.5 Å². The average molecular weight is 493 g/mol. The van der Waals surface area contributed by atoms with Crippen LogP contribution in [0, 0.1) is 0 Å². The second-order valence-electron chi connectivity index (χ2n) is 7.35. The van der Waals surface area contributed by atoms with Crippen LogP contribution in [0.5, 0.6) is 17.2 Å². The summed E-state index contributed by atoms with van der Waals surface area (Å²) in [7, 11) is 1.58. The number of amides is 4. The van der Waals surface area contributed by atoms with E-state index < -0.39 is 17.8 Å². The van der Waals surface area contributed by atoms with E-state index >= 15 is 0 Å². The number of carbonyl (C=O) groups excluding carboxylic acids is 3. The number of para-hydroxylation sites is 2. The number of hydrogen-bond donors (Lipinski definition) is 1. The van der Waals surface area contributed by atoms with Gasteiger partial charge in [-0.15, -0.1) is 0 Å². The van der Waals surface area contributed by atoms with Crippen molar-refractivity contribution in [3.63, 3.8) is 0 Å². The maximum Gasteiger partial charge on any atom is 0.335 e. The normalized spacial score (nSPS) is 14.6. The van der Waals surface area contributed by atoms with E-state index in [0.717, 1.165) is 4.90 Å². The summed E-state index contributed by atoms with van der Waals surface area (Å²) in [6, 6.07) is 19.5. The fourth-order valence-electron chi connectivity index (χ4n) is 3.36. The molecule has 0 aliphatic carbocycles. The van der Waals surface area contributed by atoms with E-state index in [1.807, 2.05) is 24.3 Å². The maximum atomic E-state index is 12.9. The van der Waals surface area contributed by atoms with E-state index in [1.165, 1.54) is 18.2 Å². The maximum absolute atomic E-state index is 12.9. The first-order valence-corrected chi connectivity index (χ1v) is 11.0. The molecule has 1 aliphatic heterocycles. The predicted octanol–water partition coefficient (Wildman–Crippen LogP) is 4.47. The Kier molecular flexibility index (Phi) is 7.32. The Bertz CT molecular complexity index is 1270. The van der Waals surface area contributed by atoms with Crippen LogP contribution in [0.3, 0.4) is 0 Å². The summed E-state index contributed by atoms with van der Waals surface area (Å²) < 4.78 is 16.6. The third-order valence-electron chi connectivity index (χ3n) is 5.06. The van der Waals surface area contributed by atoms with Crippen molar-refractivity contribution in [1.29, 1.82) is 0 Å². The van der Waals surface area contributed by atoms with Crippen molar-refractivity contribution in [2.24, 2.45) is 0 Å². The van der Waals surface area contributed by atoms with Crippen LogP contribution in [0.1, 0.15) is 5.56 Å². The van der Waals surface area contributed by atoms with Gasteiger partial charge in [0, 0.05) is 5.02 Å². The molecule has 1 aliphatic rings. The van der Waals surface area contributed by atoms with Crippen molar-refractivity contribution in [2.45, 2.75) is 0 Å². The van der Waals surface area contributed by atoms with Gasteiger partial charge in [-0.3, -0.25) is 14.9 Å². The van der Waals surface area contributed by atoms with Gasteiger partial charge in [0.05, 0.1) is 12.8 Å². The monoisotopic (exact) mass is 492 g/mol. The smallest absolute Gasteiger partial charge is 0.335 e. The van der Waals surface area contributed by atoms with Gasteiger partial charge in [-0.1, -0.05) is 35.9 Å². The Labute approximate surface area is 206 Å². The predicted molar refractivity (Wildman–Crippen MR) is 131 cm³/mol. The Morgan fingerprint density at radius 1 is 0.857 bits per heavy atom. The van der Waals surface area contributed by atoms with Gasteiger partial charge in [-0.25, -0.2) is 9.69 Å². The zero-order chi connectivity index (χ0) is 24.8. The van der Waals surface area contributed by atoms with Crippen LogP contribution in [0.25, 0.3) is 6.08 Å². The van der Waals surface area contributed by atoms with Gasteiger partial charge in [0.2, 0.25) is 0 Å². The molecular formula is C26H21ClN2O6. The molecule has 178 valence electrons. The lowest BCUT2D eigenvalue weighted by Gasteiger charge is -2.26. The first-order chi connectivity index (χ1) is 17.0. The number of urea groups is 1. The molecule has 1 fully saturated rings. The van der Waals surface area contributed by atoms with Crippen molar-refractivity contribution >= 4 is 41.2 Å². The number of rotatable bonds is 8. The minimum atomic E-state index is -0.821. The molecule has 3 aromatic carbocycles. The second-order valence-corrected chi connectivity index (χ2v) is 7.79. The zero-order valence-electron chi connectivity index (χ0n) is 18.7. The van der Waals surface area contributed by atoms with Gasteiger partial charge >= 0.3 is 6.03 Å². The van der Waals surface area contributed by atoms with E-state index in [0.29, 0.717) is 46.7 Å². The van der Waals surface area contributed by atoms with Gasteiger partial charge in [0.25, 0.3) is 11.8 Å². The molecule has 1 heterocycles. The van der Waals surface area contributed by atoms with Gasteiger partial charge < -0.3 is 14.2 Å². The van der Waals surface area contributed by atoms with Crippen LogP contribution in [-0.2, 0) is 9.59 Å². The van der Waals surface area contributed by atoms with E-state index in [4.69, 9.17) is 25.8 Å². The number of barbiturate groups is 1. The van der Waals surface area contributed by atoms with Gasteiger partial charge in [-0.2, -0.15) is 0 Å². The minimum absolute atomic E-state index is 0.168. The molecule has 9 heteroatoms. The summed E-state index contributed by atoms with van der Waals surface area (Å²) in [6.45, 7) is 0.618. The Hall–Kier alpha value is -4.30. The van der Waals surface area contributed by atoms with Crippen molar-refractivity contribution in [2.75, 3.05) is 25.2 Å².